The lowest BCUT2D eigenvalue weighted by atomic mass is 9.73. The Hall–Kier alpha value is -4.62. The van der Waals surface area contributed by atoms with E-state index < -0.39 is 59.1 Å². The summed E-state index contributed by atoms with van der Waals surface area (Å²) in [6.07, 6.45) is -5.47. The molecule has 0 saturated carbocycles. The number of carbonyl (C=O) groups is 4. The Morgan fingerprint density at radius 2 is 1.74 bits per heavy atom. The van der Waals surface area contributed by atoms with E-state index in [0.717, 1.165) is 17.7 Å². The van der Waals surface area contributed by atoms with Gasteiger partial charge in [0.05, 0.1) is 11.3 Å². The zero-order valence-corrected chi connectivity index (χ0v) is 23.8. The molecule has 2 aromatic carbocycles. The van der Waals surface area contributed by atoms with Gasteiger partial charge in [0, 0.05) is 26.6 Å². The van der Waals surface area contributed by atoms with Crippen molar-refractivity contribution in [3.63, 3.8) is 0 Å². The molecule has 0 aliphatic carbocycles. The summed E-state index contributed by atoms with van der Waals surface area (Å²) >= 11 is 0. The highest BCUT2D eigenvalue weighted by molar-refractivity contribution is 6.13. The van der Waals surface area contributed by atoms with Crippen LogP contribution in [0.4, 0.5) is 18.0 Å². The van der Waals surface area contributed by atoms with Crippen LogP contribution in [0, 0.1) is 5.41 Å². The molecule has 2 aliphatic heterocycles. The van der Waals surface area contributed by atoms with Gasteiger partial charge in [0.15, 0.2) is 5.60 Å². The number of hydrazone groups is 1. The number of nitrogens with one attached hydrogen (secondary N) is 1. The summed E-state index contributed by atoms with van der Waals surface area (Å²) in [5, 5.41) is 8.09. The Morgan fingerprint density at radius 1 is 1.09 bits per heavy atom. The summed E-state index contributed by atoms with van der Waals surface area (Å²) in [6.45, 7) is 1.82. The molecule has 0 radical (unpaired) electrons. The molecule has 0 aromatic heterocycles. The van der Waals surface area contributed by atoms with Gasteiger partial charge in [0.1, 0.15) is 23.8 Å². The van der Waals surface area contributed by atoms with Crippen molar-refractivity contribution in [2.75, 3.05) is 26.7 Å². The molecule has 0 spiro atoms. The van der Waals surface area contributed by atoms with Crippen molar-refractivity contribution in [1.82, 2.24) is 15.2 Å². The number of para-hydroxylation sites is 1. The topological polar surface area (TPSA) is 144 Å². The van der Waals surface area contributed by atoms with Crippen LogP contribution in [0.15, 0.2) is 59.7 Å². The number of primary amides is 1. The first-order chi connectivity index (χ1) is 20.1. The molecule has 230 valence electrons. The van der Waals surface area contributed by atoms with E-state index in [1.54, 1.807) is 0 Å². The predicted octanol–water partition coefficient (Wildman–Crippen LogP) is 2.73. The van der Waals surface area contributed by atoms with Gasteiger partial charge in [-0.15, -0.1) is 0 Å². The van der Waals surface area contributed by atoms with Gasteiger partial charge >= 0.3 is 12.3 Å². The van der Waals surface area contributed by atoms with Crippen LogP contribution >= 0.6 is 0 Å². The molecule has 43 heavy (non-hydrogen) atoms. The van der Waals surface area contributed by atoms with Crippen LogP contribution in [0.25, 0.3) is 0 Å². The number of ether oxygens (including phenoxy) is 2. The number of rotatable bonds is 9. The smallest absolute Gasteiger partial charge is 0.419 e. The van der Waals surface area contributed by atoms with Gasteiger partial charge in [-0.05, 0) is 38.0 Å². The second-order valence-corrected chi connectivity index (χ2v) is 10.9. The minimum atomic E-state index is -4.74. The molecular weight excluding hydrogens is 571 g/mol. The minimum Gasteiger partial charge on any atom is -0.490 e. The van der Waals surface area contributed by atoms with E-state index in [-0.39, 0.29) is 31.8 Å². The van der Waals surface area contributed by atoms with E-state index in [9.17, 15) is 32.3 Å². The number of likely N-dealkylation sites (tertiary alicyclic amines) is 1. The summed E-state index contributed by atoms with van der Waals surface area (Å²) in [7, 11) is 1.53. The normalized spacial score (nSPS) is 19.3. The first kappa shape index (κ1) is 31.3. The summed E-state index contributed by atoms with van der Waals surface area (Å²) in [5.74, 6) is -2.50. The fourth-order valence-corrected chi connectivity index (χ4v) is 5.24. The van der Waals surface area contributed by atoms with E-state index in [4.69, 9.17) is 15.2 Å². The molecule has 2 atom stereocenters. The molecule has 2 aromatic rings. The molecule has 3 N–H and O–H groups in total. The highest BCUT2D eigenvalue weighted by Gasteiger charge is 2.54. The summed E-state index contributed by atoms with van der Waals surface area (Å²) < 4.78 is 51.1. The summed E-state index contributed by atoms with van der Waals surface area (Å²) in [6, 6.07) is 12.1. The zero-order valence-electron chi connectivity index (χ0n) is 23.8. The lowest BCUT2D eigenvalue weighted by Crippen LogP contribution is -2.61. The standard InChI is InChI=1S/C29H32F3N5O6/c1-27(2,43-26(33)41)24(39)34-20(16-42-21-12-8-7-11-19(21)29(30,31)32)23(38)37-14-13-22-28(17-37,25(40)36(3)35-22)15-18-9-5-4-6-10-18/h4-12,20H,13-17H2,1-3H3,(H2,33,41)(H,34,39)/t20?,28-/m1/s1. The Kier molecular flexibility index (Phi) is 8.69. The monoisotopic (exact) mass is 603 g/mol. The quantitative estimate of drug-likeness (QED) is 0.451. The molecule has 1 fully saturated rings. The molecule has 2 aliphatic rings. The molecule has 0 bridgehead atoms. The Bertz CT molecular complexity index is 1430. The van der Waals surface area contributed by atoms with Gasteiger partial charge in [0.2, 0.25) is 5.91 Å². The average Bonchev–Trinajstić information content (AvgIpc) is 3.18. The van der Waals surface area contributed by atoms with Crippen LogP contribution < -0.4 is 15.8 Å². The predicted molar refractivity (Wildman–Crippen MR) is 148 cm³/mol. The van der Waals surface area contributed by atoms with Gasteiger partial charge < -0.3 is 25.4 Å². The van der Waals surface area contributed by atoms with Crippen molar-refractivity contribution < 1.29 is 41.8 Å². The van der Waals surface area contributed by atoms with Gasteiger partial charge in [-0.1, -0.05) is 42.5 Å². The van der Waals surface area contributed by atoms with Crippen molar-refractivity contribution in [3.8, 4) is 5.75 Å². The molecule has 4 amide bonds. The van der Waals surface area contributed by atoms with Crippen molar-refractivity contribution in [1.29, 1.82) is 0 Å². The lowest BCUT2D eigenvalue weighted by molar-refractivity contribution is -0.146. The molecule has 1 saturated heterocycles. The van der Waals surface area contributed by atoms with Crippen LogP contribution in [0.5, 0.6) is 5.75 Å². The molecule has 14 heteroatoms. The third kappa shape index (κ3) is 6.73. The highest BCUT2D eigenvalue weighted by atomic mass is 19.4. The second-order valence-electron chi connectivity index (χ2n) is 10.9. The van der Waals surface area contributed by atoms with Crippen molar-refractivity contribution in [2.24, 2.45) is 16.3 Å². The summed E-state index contributed by atoms with van der Waals surface area (Å²) in [5.41, 5.74) is 2.47. The third-order valence-electron chi connectivity index (χ3n) is 7.37. The number of fused-ring (bicyclic) bond motifs is 1. The third-order valence-corrected chi connectivity index (χ3v) is 7.37. The maximum Gasteiger partial charge on any atom is 0.419 e. The number of nitrogens with zero attached hydrogens (tertiary/aromatic N) is 3. The number of amides is 4. The largest absolute Gasteiger partial charge is 0.490 e. The van der Waals surface area contributed by atoms with E-state index >= 15 is 0 Å². The number of hydrogen-bond acceptors (Lipinski definition) is 7. The maximum absolute atomic E-state index is 14.0. The fraction of sp³-hybridized carbons (Fsp3) is 0.414. The number of carbonyl (C=O) groups excluding carboxylic acids is 4. The number of piperidine rings is 1. The SMILES string of the molecule is CN1N=C2CCN(C(=O)C(COc3ccccc3C(F)(F)F)NC(=O)C(C)(C)OC(N)=O)C[C@@]2(Cc2ccccc2)C1=O. The molecular formula is C29H32F3N5O6. The number of alkyl halides is 3. The fourth-order valence-electron chi connectivity index (χ4n) is 5.24. The zero-order chi connectivity index (χ0) is 31.6. The first-order valence-corrected chi connectivity index (χ1v) is 13.4. The lowest BCUT2D eigenvalue weighted by Gasteiger charge is -2.40. The van der Waals surface area contributed by atoms with Crippen LogP contribution in [0.1, 0.15) is 31.4 Å². The highest BCUT2D eigenvalue weighted by Crippen LogP contribution is 2.39. The Balaban J connectivity index is 1.63. The summed E-state index contributed by atoms with van der Waals surface area (Å²) in [4.78, 5) is 53.2. The number of benzene rings is 2. The molecule has 11 nitrogen and oxygen atoms in total. The van der Waals surface area contributed by atoms with E-state index in [1.165, 1.54) is 42.9 Å². The minimum absolute atomic E-state index is 0.0879. The van der Waals surface area contributed by atoms with E-state index in [0.29, 0.717) is 5.71 Å². The van der Waals surface area contributed by atoms with Crippen LogP contribution in [0.2, 0.25) is 0 Å². The van der Waals surface area contributed by atoms with E-state index in [2.05, 4.69) is 10.4 Å². The van der Waals surface area contributed by atoms with Gasteiger partial charge in [-0.3, -0.25) is 14.4 Å². The van der Waals surface area contributed by atoms with Crippen molar-refractivity contribution in [2.45, 2.75) is 44.5 Å². The number of hydrogen-bond donors (Lipinski definition) is 2. The maximum atomic E-state index is 14.0. The number of nitrogens with two attached hydrogens (primary N) is 1. The van der Waals surface area contributed by atoms with Crippen LogP contribution in [-0.2, 0) is 31.7 Å². The number of halogens is 3. The Morgan fingerprint density at radius 3 is 2.40 bits per heavy atom. The van der Waals surface area contributed by atoms with Crippen molar-refractivity contribution >= 4 is 29.5 Å². The molecule has 1 unspecified atom stereocenters. The van der Waals surface area contributed by atoms with Crippen LogP contribution in [0.3, 0.4) is 0 Å². The van der Waals surface area contributed by atoms with Crippen LogP contribution in [-0.4, -0.2) is 77.8 Å². The van der Waals surface area contributed by atoms with E-state index in [1.807, 2.05) is 30.3 Å². The first-order valence-electron chi connectivity index (χ1n) is 13.4. The van der Waals surface area contributed by atoms with Gasteiger partial charge in [-0.2, -0.15) is 18.3 Å². The Labute approximate surface area is 245 Å². The molecule has 4 rings (SSSR count). The average molecular weight is 604 g/mol. The van der Waals surface area contributed by atoms with Gasteiger partial charge in [-0.25, -0.2) is 9.80 Å². The second kappa shape index (κ2) is 11.9. The van der Waals surface area contributed by atoms with Crippen molar-refractivity contribution in [3.05, 3.63) is 65.7 Å². The van der Waals surface area contributed by atoms with Gasteiger partial charge in [0.25, 0.3) is 11.8 Å². The molecule has 2 heterocycles.